The van der Waals surface area contributed by atoms with Crippen LogP contribution in [0.5, 0.6) is 0 Å². The molecule has 0 aliphatic carbocycles. The van der Waals surface area contributed by atoms with Gasteiger partial charge in [0, 0.05) is 30.7 Å². The molecular formula is C18H24N4O. The van der Waals surface area contributed by atoms with E-state index in [1.54, 1.807) is 6.20 Å². The third-order valence-electron chi connectivity index (χ3n) is 4.65. The second kappa shape index (κ2) is 6.96. The predicted octanol–water partition coefficient (Wildman–Crippen LogP) is 2.40. The van der Waals surface area contributed by atoms with Crippen LogP contribution in [0.25, 0.3) is 0 Å². The number of fused-ring (bicyclic) bond motifs is 1. The number of aromatic nitrogens is 2. The molecule has 122 valence electrons. The quantitative estimate of drug-likeness (QED) is 0.922. The molecule has 3 rings (SSSR count). The highest BCUT2D eigenvalue weighted by Crippen LogP contribution is 2.26. The fourth-order valence-corrected chi connectivity index (χ4v) is 3.06. The number of aryl methyl sites for hydroxylation is 1. The zero-order valence-corrected chi connectivity index (χ0v) is 13.8. The zero-order valence-electron chi connectivity index (χ0n) is 13.8. The SMILES string of the molecule is C[C@H](NCC(=O)N1CCCc2ccccc21)[C@H](C)n1cccn1. The van der Waals surface area contributed by atoms with Gasteiger partial charge in [0.15, 0.2) is 0 Å². The van der Waals surface area contributed by atoms with Crippen LogP contribution in [0.15, 0.2) is 42.7 Å². The molecule has 1 aliphatic heterocycles. The monoisotopic (exact) mass is 312 g/mol. The standard InChI is InChI=1S/C18H24N4O/c1-14(15(2)22-12-6-10-20-22)19-13-18(23)21-11-5-8-16-7-3-4-9-17(16)21/h3-4,6-7,9-10,12,14-15,19H,5,8,11,13H2,1-2H3/t14-,15-/m0/s1. The molecule has 23 heavy (non-hydrogen) atoms. The summed E-state index contributed by atoms with van der Waals surface area (Å²) in [4.78, 5) is 14.5. The smallest absolute Gasteiger partial charge is 0.240 e. The molecule has 5 nitrogen and oxygen atoms in total. The summed E-state index contributed by atoms with van der Waals surface area (Å²) in [6, 6.07) is 10.5. The number of nitrogens with zero attached hydrogens (tertiary/aromatic N) is 3. The molecule has 2 heterocycles. The first-order chi connectivity index (χ1) is 11.2. The van der Waals surface area contributed by atoms with Gasteiger partial charge in [-0.05, 0) is 44.4 Å². The Bertz CT molecular complexity index is 653. The molecule has 0 spiro atoms. The van der Waals surface area contributed by atoms with E-state index in [0.29, 0.717) is 6.54 Å². The summed E-state index contributed by atoms with van der Waals surface area (Å²) in [5.41, 5.74) is 2.34. The maximum atomic E-state index is 12.6. The molecule has 0 saturated carbocycles. The third kappa shape index (κ3) is 3.45. The molecule has 1 N–H and O–H groups in total. The highest BCUT2D eigenvalue weighted by Gasteiger charge is 2.23. The number of hydrogen-bond donors (Lipinski definition) is 1. The van der Waals surface area contributed by atoms with Crippen LogP contribution >= 0.6 is 0 Å². The zero-order chi connectivity index (χ0) is 16.2. The van der Waals surface area contributed by atoms with Crippen molar-refractivity contribution < 1.29 is 4.79 Å². The number of carbonyl (C=O) groups is 1. The van der Waals surface area contributed by atoms with Gasteiger partial charge in [0.25, 0.3) is 0 Å². The number of carbonyl (C=O) groups excluding carboxylic acids is 1. The minimum absolute atomic E-state index is 0.136. The van der Waals surface area contributed by atoms with Gasteiger partial charge in [-0.1, -0.05) is 18.2 Å². The van der Waals surface area contributed by atoms with E-state index in [1.165, 1.54) is 5.56 Å². The van der Waals surface area contributed by atoms with Gasteiger partial charge in [0.2, 0.25) is 5.91 Å². The number of nitrogens with one attached hydrogen (secondary N) is 1. The average Bonchev–Trinajstić information content (AvgIpc) is 3.12. The lowest BCUT2D eigenvalue weighted by Gasteiger charge is -2.30. The minimum Gasteiger partial charge on any atom is -0.311 e. The Morgan fingerprint density at radius 1 is 1.30 bits per heavy atom. The van der Waals surface area contributed by atoms with Gasteiger partial charge in [-0.3, -0.25) is 9.48 Å². The van der Waals surface area contributed by atoms with Crippen LogP contribution in [0, 0.1) is 0 Å². The van der Waals surface area contributed by atoms with E-state index in [2.05, 4.69) is 30.3 Å². The summed E-state index contributed by atoms with van der Waals surface area (Å²) in [7, 11) is 0. The summed E-state index contributed by atoms with van der Waals surface area (Å²) in [5.74, 6) is 0.136. The first kappa shape index (κ1) is 15.7. The van der Waals surface area contributed by atoms with E-state index >= 15 is 0 Å². The number of benzene rings is 1. The van der Waals surface area contributed by atoms with Gasteiger partial charge in [-0.2, -0.15) is 5.10 Å². The molecule has 5 heteroatoms. The van der Waals surface area contributed by atoms with Crippen molar-refractivity contribution in [2.75, 3.05) is 18.0 Å². The van der Waals surface area contributed by atoms with Gasteiger partial charge >= 0.3 is 0 Å². The first-order valence-corrected chi connectivity index (χ1v) is 8.27. The first-order valence-electron chi connectivity index (χ1n) is 8.27. The van der Waals surface area contributed by atoms with Crippen LogP contribution < -0.4 is 10.2 Å². The van der Waals surface area contributed by atoms with Crippen LogP contribution in [-0.2, 0) is 11.2 Å². The molecule has 1 aromatic carbocycles. The number of hydrogen-bond acceptors (Lipinski definition) is 3. The van der Waals surface area contributed by atoms with Crippen LogP contribution in [0.2, 0.25) is 0 Å². The van der Waals surface area contributed by atoms with E-state index in [-0.39, 0.29) is 18.0 Å². The van der Waals surface area contributed by atoms with Crippen LogP contribution in [0.1, 0.15) is 31.9 Å². The summed E-state index contributed by atoms with van der Waals surface area (Å²) in [6.45, 7) is 5.34. The molecule has 0 bridgehead atoms. The van der Waals surface area contributed by atoms with Crippen molar-refractivity contribution in [1.82, 2.24) is 15.1 Å². The topological polar surface area (TPSA) is 50.2 Å². The summed E-state index contributed by atoms with van der Waals surface area (Å²) in [5, 5.41) is 7.61. The van der Waals surface area contributed by atoms with Crippen molar-refractivity contribution in [1.29, 1.82) is 0 Å². The Morgan fingerprint density at radius 3 is 2.91 bits per heavy atom. The van der Waals surface area contributed by atoms with Crippen molar-refractivity contribution in [2.24, 2.45) is 0 Å². The molecule has 0 saturated heterocycles. The molecule has 0 radical (unpaired) electrons. The fourth-order valence-electron chi connectivity index (χ4n) is 3.06. The Morgan fingerprint density at radius 2 is 2.13 bits per heavy atom. The van der Waals surface area contributed by atoms with Crippen molar-refractivity contribution in [3.63, 3.8) is 0 Å². The van der Waals surface area contributed by atoms with Gasteiger partial charge in [-0.25, -0.2) is 0 Å². The average molecular weight is 312 g/mol. The van der Waals surface area contributed by atoms with E-state index < -0.39 is 0 Å². The Kier molecular flexibility index (Phi) is 4.76. The second-order valence-corrected chi connectivity index (χ2v) is 6.17. The van der Waals surface area contributed by atoms with Gasteiger partial charge in [0.1, 0.15) is 0 Å². The van der Waals surface area contributed by atoms with Crippen molar-refractivity contribution in [3.05, 3.63) is 48.3 Å². The van der Waals surface area contributed by atoms with E-state index in [4.69, 9.17) is 0 Å². The lowest BCUT2D eigenvalue weighted by atomic mass is 10.0. The normalized spacial score (nSPS) is 16.7. The Hall–Kier alpha value is -2.14. The van der Waals surface area contributed by atoms with Crippen molar-refractivity contribution in [2.45, 2.75) is 38.8 Å². The van der Waals surface area contributed by atoms with Crippen molar-refractivity contribution in [3.8, 4) is 0 Å². The van der Waals surface area contributed by atoms with E-state index in [1.807, 2.05) is 40.0 Å². The van der Waals surface area contributed by atoms with Gasteiger partial charge in [-0.15, -0.1) is 0 Å². The van der Waals surface area contributed by atoms with Crippen LogP contribution in [0.3, 0.4) is 0 Å². The van der Waals surface area contributed by atoms with Crippen LogP contribution in [-0.4, -0.2) is 34.8 Å². The molecule has 0 unspecified atom stereocenters. The Labute approximate surface area is 137 Å². The molecule has 2 aromatic rings. The maximum absolute atomic E-state index is 12.6. The van der Waals surface area contributed by atoms with E-state index in [9.17, 15) is 4.79 Å². The summed E-state index contributed by atoms with van der Waals surface area (Å²) < 4.78 is 1.92. The molecule has 0 fully saturated rings. The largest absolute Gasteiger partial charge is 0.311 e. The van der Waals surface area contributed by atoms with Crippen LogP contribution in [0.4, 0.5) is 5.69 Å². The number of rotatable bonds is 5. The molecule has 2 atom stereocenters. The highest BCUT2D eigenvalue weighted by atomic mass is 16.2. The maximum Gasteiger partial charge on any atom is 0.240 e. The Balaban J connectivity index is 1.60. The lowest BCUT2D eigenvalue weighted by Crippen LogP contribution is -2.44. The van der Waals surface area contributed by atoms with Gasteiger partial charge in [0.05, 0.1) is 12.6 Å². The molecular weight excluding hydrogens is 288 g/mol. The summed E-state index contributed by atoms with van der Waals surface area (Å²) >= 11 is 0. The summed E-state index contributed by atoms with van der Waals surface area (Å²) in [6.07, 6.45) is 5.81. The number of anilines is 1. The molecule has 1 aromatic heterocycles. The molecule has 1 amide bonds. The fraction of sp³-hybridized carbons (Fsp3) is 0.444. The lowest BCUT2D eigenvalue weighted by molar-refractivity contribution is -0.118. The number of amides is 1. The minimum atomic E-state index is 0.136. The molecule has 1 aliphatic rings. The number of para-hydroxylation sites is 1. The predicted molar refractivity (Wildman–Crippen MR) is 91.5 cm³/mol. The second-order valence-electron chi connectivity index (χ2n) is 6.17. The van der Waals surface area contributed by atoms with E-state index in [0.717, 1.165) is 25.1 Å². The van der Waals surface area contributed by atoms with Gasteiger partial charge < -0.3 is 10.2 Å². The highest BCUT2D eigenvalue weighted by molar-refractivity contribution is 5.95. The third-order valence-corrected chi connectivity index (χ3v) is 4.65. The van der Waals surface area contributed by atoms with Crippen molar-refractivity contribution >= 4 is 11.6 Å².